The van der Waals surface area contributed by atoms with Gasteiger partial charge in [-0.2, -0.15) is 0 Å². The summed E-state index contributed by atoms with van der Waals surface area (Å²) in [5, 5.41) is 0. The van der Waals surface area contributed by atoms with E-state index in [0.29, 0.717) is 11.5 Å². The predicted molar refractivity (Wildman–Crippen MR) is 112 cm³/mol. The number of amides is 1. The Kier molecular flexibility index (Phi) is 5.46. The third kappa shape index (κ3) is 3.64. The molecule has 1 aliphatic carbocycles. The van der Waals surface area contributed by atoms with E-state index in [1.54, 1.807) is 6.07 Å². The van der Waals surface area contributed by atoms with Gasteiger partial charge in [-0.15, -0.1) is 0 Å². The molecule has 4 N–H and O–H groups in total. The van der Waals surface area contributed by atoms with E-state index in [1.165, 1.54) is 25.4 Å². The summed E-state index contributed by atoms with van der Waals surface area (Å²) in [7, 11) is 1.43. The molecule has 3 aromatic rings. The highest BCUT2D eigenvalue weighted by Gasteiger charge is 2.27. The van der Waals surface area contributed by atoms with E-state index in [-0.39, 0.29) is 28.9 Å². The maximum absolute atomic E-state index is 14.5. The molecule has 4 rings (SSSR count). The topological polar surface area (TPSA) is 104 Å². The van der Waals surface area contributed by atoms with Gasteiger partial charge in [0.25, 0.3) is 5.91 Å². The standard InChI is InChI=1S/C23H23FN4O2/c1-30-19-8-4-7-18(24)20(19)23-27-12-17(21(28-23)22(26)29)16-6-3-2-5-15(16)13-9-10-14(25)11-13/h2-8,12-14H,9-11,25H2,1H3,(H2,26,29). The van der Waals surface area contributed by atoms with Crippen molar-refractivity contribution in [3.05, 3.63) is 65.7 Å². The molecule has 2 unspecified atom stereocenters. The SMILES string of the molecule is COc1cccc(F)c1-c1ncc(-c2ccccc2C2CCC(N)C2)c(C(N)=O)n1. The number of ether oxygens (including phenoxy) is 1. The van der Waals surface area contributed by atoms with Crippen molar-refractivity contribution in [2.75, 3.05) is 7.11 Å². The summed E-state index contributed by atoms with van der Waals surface area (Å²) in [5.41, 5.74) is 14.4. The number of primary amides is 1. The van der Waals surface area contributed by atoms with Gasteiger partial charge in [0.1, 0.15) is 17.3 Å². The first-order chi connectivity index (χ1) is 14.5. The zero-order chi connectivity index (χ0) is 21.3. The van der Waals surface area contributed by atoms with E-state index in [0.717, 1.165) is 30.4 Å². The maximum atomic E-state index is 14.5. The van der Waals surface area contributed by atoms with E-state index in [4.69, 9.17) is 16.2 Å². The summed E-state index contributed by atoms with van der Waals surface area (Å²) in [5.74, 6) is -0.635. The third-order valence-electron chi connectivity index (χ3n) is 5.61. The van der Waals surface area contributed by atoms with Gasteiger partial charge in [0.05, 0.1) is 12.7 Å². The van der Waals surface area contributed by atoms with Gasteiger partial charge in [0, 0.05) is 17.8 Å². The number of nitrogens with two attached hydrogens (primary N) is 2. The maximum Gasteiger partial charge on any atom is 0.268 e. The number of methoxy groups -OCH3 is 1. The second kappa shape index (κ2) is 8.20. The number of carbonyl (C=O) groups is 1. The molecule has 1 aliphatic rings. The van der Waals surface area contributed by atoms with Gasteiger partial charge in [-0.05, 0) is 48.4 Å². The van der Waals surface area contributed by atoms with Crippen LogP contribution in [0.3, 0.4) is 0 Å². The fourth-order valence-electron chi connectivity index (χ4n) is 4.18. The van der Waals surface area contributed by atoms with Gasteiger partial charge in [0.2, 0.25) is 0 Å². The van der Waals surface area contributed by atoms with Crippen LogP contribution in [-0.2, 0) is 0 Å². The summed E-state index contributed by atoms with van der Waals surface area (Å²) in [6.45, 7) is 0. The lowest BCUT2D eigenvalue weighted by atomic mass is 9.89. The van der Waals surface area contributed by atoms with Crippen LogP contribution in [0.25, 0.3) is 22.5 Å². The second-order valence-electron chi connectivity index (χ2n) is 7.49. The molecule has 1 heterocycles. The number of aromatic nitrogens is 2. The molecule has 1 amide bonds. The number of halogens is 1. The van der Waals surface area contributed by atoms with Crippen molar-refractivity contribution in [1.82, 2.24) is 9.97 Å². The molecule has 0 aliphatic heterocycles. The molecule has 1 saturated carbocycles. The second-order valence-corrected chi connectivity index (χ2v) is 7.49. The average Bonchev–Trinajstić information content (AvgIpc) is 3.19. The van der Waals surface area contributed by atoms with Crippen LogP contribution in [0.1, 0.15) is 41.2 Å². The van der Waals surface area contributed by atoms with Crippen LogP contribution in [0.4, 0.5) is 4.39 Å². The van der Waals surface area contributed by atoms with Crippen molar-refractivity contribution >= 4 is 5.91 Å². The minimum absolute atomic E-state index is 0.0417. The van der Waals surface area contributed by atoms with Crippen LogP contribution in [0.2, 0.25) is 0 Å². The normalized spacial score (nSPS) is 18.4. The number of rotatable bonds is 5. The first-order valence-electron chi connectivity index (χ1n) is 9.84. The van der Waals surface area contributed by atoms with Crippen molar-refractivity contribution in [2.45, 2.75) is 31.2 Å². The highest BCUT2D eigenvalue weighted by atomic mass is 19.1. The molecule has 1 fully saturated rings. The zero-order valence-electron chi connectivity index (χ0n) is 16.6. The first kappa shape index (κ1) is 20.0. The zero-order valence-corrected chi connectivity index (χ0v) is 16.6. The minimum atomic E-state index is -0.707. The van der Waals surface area contributed by atoms with Gasteiger partial charge < -0.3 is 16.2 Å². The van der Waals surface area contributed by atoms with Crippen molar-refractivity contribution in [1.29, 1.82) is 0 Å². The Balaban J connectivity index is 1.86. The molecular formula is C23H23FN4O2. The van der Waals surface area contributed by atoms with Gasteiger partial charge in [-0.25, -0.2) is 14.4 Å². The van der Waals surface area contributed by atoms with Crippen molar-refractivity contribution < 1.29 is 13.9 Å². The molecule has 30 heavy (non-hydrogen) atoms. The molecule has 1 aromatic heterocycles. The Hall–Kier alpha value is -3.32. The summed E-state index contributed by atoms with van der Waals surface area (Å²) < 4.78 is 19.7. The highest BCUT2D eigenvalue weighted by Crippen LogP contribution is 2.40. The van der Waals surface area contributed by atoms with Crippen LogP contribution >= 0.6 is 0 Å². The third-order valence-corrected chi connectivity index (χ3v) is 5.61. The Morgan fingerprint density at radius 1 is 1.13 bits per heavy atom. The molecule has 0 radical (unpaired) electrons. The largest absolute Gasteiger partial charge is 0.496 e. The molecule has 0 spiro atoms. The monoisotopic (exact) mass is 406 g/mol. The Bertz CT molecular complexity index is 1100. The van der Waals surface area contributed by atoms with Crippen LogP contribution in [0.5, 0.6) is 5.75 Å². The molecule has 0 bridgehead atoms. The molecular weight excluding hydrogens is 383 g/mol. The van der Waals surface area contributed by atoms with Crippen LogP contribution in [0.15, 0.2) is 48.7 Å². The van der Waals surface area contributed by atoms with E-state index in [2.05, 4.69) is 9.97 Å². The number of hydrogen-bond acceptors (Lipinski definition) is 5. The van der Waals surface area contributed by atoms with Crippen LogP contribution < -0.4 is 16.2 Å². The lowest BCUT2D eigenvalue weighted by Crippen LogP contribution is -2.17. The molecule has 6 nitrogen and oxygen atoms in total. The summed E-state index contributed by atoms with van der Waals surface area (Å²) in [4.78, 5) is 21.0. The minimum Gasteiger partial charge on any atom is -0.496 e. The first-order valence-corrected chi connectivity index (χ1v) is 9.84. The quantitative estimate of drug-likeness (QED) is 0.673. The van der Waals surface area contributed by atoms with E-state index in [9.17, 15) is 9.18 Å². The average molecular weight is 406 g/mol. The number of nitrogens with zero attached hydrogens (tertiary/aromatic N) is 2. The summed E-state index contributed by atoms with van der Waals surface area (Å²) in [6.07, 6.45) is 4.36. The Morgan fingerprint density at radius 3 is 2.63 bits per heavy atom. The van der Waals surface area contributed by atoms with E-state index >= 15 is 0 Å². The van der Waals surface area contributed by atoms with Gasteiger partial charge >= 0.3 is 0 Å². The number of carbonyl (C=O) groups excluding carboxylic acids is 1. The molecule has 2 aromatic carbocycles. The summed E-state index contributed by atoms with van der Waals surface area (Å²) >= 11 is 0. The molecule has 0 saturated heterocycles. The lowest BCUT2D eigenvalue weighted by molar-refractivity contribution is 0.0996. The van der Waals surface area contributed by atoms with E-state index in [1.807, 2.05) is 24.3 Å². The van der Waals surface area contributed by atoms with Crippen molar-refractivity contribution in [2.24, 2.45) is 11.5 Å². The van der Waals surface area contributed by atoms with E-state index < -0.39 is 11.7 Å². The fraction of sp³-hybridized carbons (Fsp3) is 0.261. The van der Waals surface area contributed by atoms with Crippen molar-refractivity contribution in [3.8, 4) is 28.3 Å². The van der Waals surface area contributed by atoms with Gasteiger partial charge in [0.15, 0.2) is 5.82 Å². The van der Waals surface area contributed by atoms with Crippen LogP contribution in [-0.4, -0.2) is 29.0 Å². The molecule has 154 valence electrons. The smallest absolute Gasteiger partial charge is 0.268 e. The van der Waals surface area contributed by atoms with Gasteiger partial charge in [-0.3, -0.25) is 4.79 Å². The molecule has 2 atom stereocenters. The fourth-order valence-corrected chi connectivity index (χ4v) is 4.18. The lowest BCUT2D eigenvalue weighted by Gasteiger charge is -2.17. The number of hydrogen-bond donors (Lipinski definition) is 2. The Labute approximate surface area is 174 Å². The predicted octanol–water partition coefficient (Wildman–Crippen LogP) is 3.65. The van der Waals surface area contributed by atoms with Gasteiger partial charge in [-0.1, -0.05) is 30.3 Å². The Morgan fingerprint density at radius 2 is 1.93 bits per heavy atom. The molecule has 7 heteroatoms. The number of benzene rings is 2. The van der Waals surface area contributed by atoms with Crippen LogP contribution in [0, 0.1) is 5.82 Å². The van der Waals surface area contributed by atoms with Crippen molar-refractivity contribution in [3.63, 3.8) is 0 Å². The highest BCUT2D eigenvalue weighted by molar-refractivity contribution is 5.98. The summed E-state index contributed by atoms with van der Waals surface area (Å²) in [6, 6.07) is 12.4.